The van der Waals surface area contributed by atoms with E-state index in [4.69, 9.17) is 9.47 Å². The van der Waals surface area contributed by atoms with Crippen molar-refractivity contribution in [1.82, 2.24) is 15.1 Å². The molecule has 168 valence electrons. The molecule has 0 radical (unpaired) electrons. The Morgan fingerprint density at radius 1 is 1.16 bits per heavy atom. The molecule has 2 saturated heterocycles. The van der Waals surface area contributed by atoms with Crippen molar-refractivity contribution in [3.05, 3.63) is 53.5 Å². The van der Waals surface area contributed by atoms with Gasteiger partial charge in [-0.2, -0.15) is 5.10 Å². The van der Waals surface area contributed by atoms with Gasteiger partial charge in [0.25, 0.3) is 0 Å². The molecule has 0 saturated carbocycles. The molecule has 3 heterocycles. The molecule has 2 aliphatic rings. The van der Waals surface area contributed by atoms with E-state index in [0.29, 0.717) is 42.5 Å². The highest BCUT2D eigenvalue weighted by molar-refractivity contribution is 5.81. The fourth-order valence-corrected chi connectivity index (χ4v) is 5.50. The standard InChI is InChI=1S/C25H28FN3O3/c1-31-24-12-16(8-10-30)2-7-23(24)32-11-9-29-19-4-5-20(29)14-17(13-19)25-21-6-3-18(26)15-22(21)27-28-25/h2-3,6-7,10,12,15,17,19-20H,4-5,8-9,11,13-14H2,1H3,(H,27,28). The topological polar surface area (TPSA) is 67.5 Å². The number of carbonyl (C=O) groups is 1. The average Bonchev–Trinajstić information content (AvgIpc) is 3.31. The largest absolute Gasteiger partial charge is 0.493 e. The summed E-state index contributed by atoms with van der Waals surface area (Å²) in [6.07, 6.45) is 5.78. The molecule has 2 aromatic carbocycles. The number of fused-ring (bicyclic) bond motifs is 3. The van der Waals surface area contributed by atoms with E-state index < -0.39 is 0 Å². The minimum absolute atomic E-state index is 0.238. The SMILES string of the molecule is COc1cc(CC=O)ccc1OCCN1C2CCC1CC(c1n[nH]c3cc(F)ccc13)C2. The van der Waals surface area contributed by atoms with Crippen molar-refractivity contribution >= 4 is 17.2 Å². The first-order valence-electron chi connectivity index (χ1n) is 11.3. The Balaban J connectivity index is 1.22. The molecule has 3 aromatic rings. The van der Waals surface area contributed by atoms with E-state index in [2.05, 4.69) is 15.1 Å². The maximum atomic E-state index is 13.5. The van der Waals surface area contributed by atoms with E-state index in [-0.39, 0.29) is 5.82 Å². The van der Waals surface area contributed by atoms with Gasteiger partial charge in [0.2, 0.25) is 0 Å². The smallest absolute Gasteiger partial charge is 0.161 e. The van der Waals surface area contributed by atoms with Crippen LogP contribution >= 0.6 is 0 Å². The third kappa shape index (κ3) is 3.97. The van der Waals surface area contributed by atoms with Crippen molar-refractivity contribution in [1.29, 1.82) is 0 Å². The Morgan fingerprint density at radius 2 is 1.97 bits per heavy atom. The number of hydrogen-bond acceptors (Lipinski definition) is 5. The number of nitrogens with zero attached hydrogens (tertiary/aromatic N) is 2. The van der Waals surface area contributed by atoms with E-state index >= 15 is 0 Å². The molecule has 0 amide bonds. The van der Waals surface area contributed by atoms with E-state index in [1.807, 2.05) is 24.3 Å². The molecular formula is C25H28FN3O3. The van der Waals surface area contributed by atoms with Crippen molar-refractivity contribution in [2.75, 3.05) is 20.3 Å². The van der Waals surface area contributed by atoms with Crippen LogP contribution in [0.5, 0.6) is 11.5 Å². The van der Waals surface area contributed by atoms with Gasteiger partial charge in [0.05, 0.1) is 18.3 Å². The van der Waals surface area contributed by atoms with Crippen molar-refractivity contribution in [3.8, 4) is 11.5 Å². The Hall–Kier alpha value is -2.93. The normalized spacial score (nSPS) is 22.9. The van der Waals surface area contributed by atoms with E-state index in [9.17, 15) is 9.18 Å². The minimum atomic E-state index is -0.238. The van der Waals surface area contributed by atoms with E-state index in [1.165, 1.54) is 25.0 Å². The summed E-state index contributed by atoms with van der Waals surface area (Å²) in [6, 6.07) is 11.6. The third-order valence-electron chi connectivity index (χ3n) is 6.98. The van der Waals surface area contributed by atoms with E-state index in [0.717, 1.165) is 47.8 Å². The van der Waals surface area contributed by atoms with Gasteiger partial charge in [-0.3, -0.25) is 10.00 Å². The summed E-state index contributed by atoms with van der Waals surface area (Å²) in [5.74, 6) is 1.53. The fourth-order valence-electron chi connectivity index (χ4n) is 5.50. The van der Waals surface area contributed by atoms with Crippen LogP contribution in [0.3, 0.4) is 0 Å². The van der Waals surface area contributed by atoms with Gasteiger partial charge in [-0.15, -0.1) is 0 Å². The second-order valence-electron chi connectivity index (χ2n) is 8.79. The lowest BCUT2D eigenvalue weighted by Gasteiger charge is -2.38. The number of hydrogen-bond donors (Lipinski definition) is 1. The zero-order valence-electron chi connectivity index (χ0n) is 18.2. The number of H-pyrrole nitrogens is 1. The molecular weight excluding hydrogens is 409 g/mol. The van der Waals surface area contributed by atoms with Gasteiger partial charge < -0.3 is 14.3 Å². The first-order valence-corrected chi connectivity index (χ1v) is 11.3. The summed E-state index contributed by atoms with van der Waals surface area (Å²) in [6.45, 7) is 1.46. The predicted molar refractivity (Wildman–Crippen MR) is 120 cm³/mol. The molecule has 1 aromatic heterocycles. The molecule has 7 heteroatoms. The van der Waals surface area contributed by atoms with Gasteiger partial charge in [0, 0.05) is 36.4 Å². The lowest BCUT2D eigenvalue weighted by molar-refractivity contribution is -0.107. The quantitative estimate of drug-likeness (QED) is 0.534. The average molecular weight is 438 g/mol. The number of halogens is 1. The highest BCUT2D eigenvalue weighted by Crippen LogP contribution is 2.44. The zero-order valence-corrected chi connectivity index (χ0v) is 18.2. The summed E-state index contributed by atoms with van der Waals surface area (Å²) in [5, 5.41) is 8.60. The Kier molecular flexibility index (Phi) is 5.83. The molecule has 0 aliphatic carbocycles. The van der Waals surface area contributed by atoms with Gasteiger partial charge in [0.1, 0.15) is 18.7 Å². The highest BCUT2D eigenvalue weighted by atomic mass is 19.1. The number of nitrogens with one attached hydrogen (secondary N) is 1. The number of aromatic nitrogens is 2. The fraction of sp³-hybridized carbons (Fsp3) is 0.440. The van der Waals surface area contributed by atoms with Crippen LogP contribution in [0, 0.1) is 5.82 Å². The lowest BCUT2D eigenvalue weighted by Crippen LogP contribution is -2.44. The van der Waals surface area contributed by atoms with Crippen molar-refractivity contribution in [2.24, 2.45) is 0 Å². The van der Waals surface area contributed by atoms with Crippen LogP contribution in [0.1, 0.15) is 42.9 Å². The molecule has 1 N–H and O–H groups in total. The number of carbonyl (C=O) groups excluding carboxylic acids is 1. The lowest BCUT2D eigenvalue weighted by atomic mass is 9.87. The number of aldehydes is 1. The minimum Gasteiger partial charge on any atom is -0.493 e. The molecule has 5 rings (SSSR count). The number of methoxy groups -OCH3 is 1. The Morgan fingerprint density at radius 3 is 2.72 bits per heavy atom. The van der Waals surface area contributed by atoms with Gasteiger partial charge in [-0.1, -0.05) is 6.07 Å². The Labute approximate surface area is 186 Å². The number of piperidine rings is 1. The third-order valence-corrected chi connectivity index (χ3v) is 6.98. The molecule has 2 atom stereocenters. The highest BCUT2D eigenvalue weighted by Gasteiger charge is 2.41. The summed E-state index contributed by atoms with van der Waals surface area (Å²) < 4.78 is 25.0. The van der Waals surface area contributed by atoms with Crippen LogP contribution in [-0.2, 0) is 11.2 Å². The maximum absolute atomic E-state index is 13.5. The van der Waals surface area contributed by atoms with Crippen LogP contribution in [0.15, 0.2) is 36.4 Å². The molecule has 0 spiro atoms. The molecule has 32 heavy (non-hydrogen) atoms. The van der Waals surface area contributed by atoms with Crippen LogP contribution in [0.4, 0.5) is 4.39 Å². The van der Waals surface area contributed by atoms with Crippen LogP contribution in [0.25, 0.3) is 10.9 Å². The zero-order chi connectivity index (χ0) is 22.1. The second kappa shape index (κ2) is 8.90. The van der Waals surface area contributed by atoms with Gasteiger partial charge >= 0.3 is 0 Å². The monoisotopic (exact) mass is 437 g/mol. The Bertz CT molecular complexity index is 1100. The van der Waals surface area contributed by atoms with Crippen LogP contribution < -0.4 is 9.47 Å². The number of aromatic amines is 1. The van der Waals surface area contributed by atoms with Crippen molar-refractivity contribution in [3.63, 3.8) is 0 Å². The van der Waals surface area contributed by atoms with Crippen molar-refractivity contribution < 1.29 is 18.7 Å². The first kappa shape index (κ1) is 20.9. The summed E-state index contributed by atoms with van der Waals surface area (Å²) in [5.41, 5.74) is 2.77. The summed E-state index contributed by atoms with van der Waals surface area (Å²) in [4.78, 5) is 13.3. The van der Waals surface area contributed by atoms with Gasteiger partial charge in [-0.25, -0.2) is 4.39 Å². The molecule has 2 unspecified atom stereocenters. The molecule has 6 nitrogen and oxygen atoms in total. The van der Waals surface area contributed by atoms with Gasteiger partial charge in [-0.05, 0) is 61.6 Å². The molecule has 2 fully saturated rings. The van der Waals surface area contributed by atoms with E-state index in [1.54, 1.807) is 7.11 Å². The predicted octanol–water partition coefficient (Wildman–Crippen LogP) is 4.24. The maximum Gasteiger partial charge on any atom is 0.161 e. The van der Waals surface area contributed by atoms with Gasteiger partial charge in [0.15, 0.2) is 11.5 Å². The molecule has 2 aliphatic heterocycles. The molecule has 2 bridgehead atoms. The number of rotatable bonds is 8. The van der Waals surface area contributed by atoms with Crippen LogP contribution in [0.2, 0.25) is 0 Å². The van der Waals surface area contributed by atoms with Crippen LogP contribution in [-0.4, -0.2) is 53.7 Å². The van der Waals surface area contributed by atoms with Crippen molar-refractivity contribution in [2.45, 2.75) is 50.1 Å². The first-order chi connectivity index (χ1) is 15.7. The summed E-state index contributed by atoms with van der Waals surface area (Å²) in [7, 11) is 1.62. The second-order valence-corrected chi connectivity index (χ2v) is 8.79. The summed E-state index contributed by atoms with van der Waals surface area (Å²) >= 11 is 0. The number of ether oxygens (including phenoxy) is 2. The number of benzene rings is 2.